The second kappa shape index (κ2) is 10.1. The van der Waals surface area contributed by atoms with E-state index in [9.17, 15) is 18.4 Å². The van der Waals surface area contributed by atoms with Crippen LogP contribution in [0.2, 0.25) is 0 Å². The summed E-state index contributed by atoms with van der Waals surface area (Å²) in [6, 6.07) is 3.78. The van der Waals surface area contributed by atoms with Crippen molar-refractivity contribution in [3.05, 3.63) is 18.2 Å². The Morgan fingerprint density at radius 1 is 1.43 bits per heavy atom. The lowest BCUT2D eigenvalue weighted by molar-refractivity contribution is -0.126. The smallest absolute Gasteiger partial charge is 0.387 e. The zero-order valence-corrected chi connectivity index (χ0v) is 17.0. The number of halogens is 2. The molecule has 3 rings (SSSR count). The molecule has 0 aromatic heterocycles. The topological polar surface area (TPSA) is 97.1 Å². The first-order chi connectivity index (χ1) is 14.4. The Morgan fingerprint density at radius 2 is 2.20 bits per heavy atom. The van der Waals surface area contributed by atoms with Crippen LogP contribution in [0.5, 0.6) is 5.75 Å². The molecule has 0 spiro atoms. The van der Waals surface area contributed by atoms with Crippen molar-refractivity contribution in [2.75, 3.05) is 50.1 Å². The maximum atomic E-state index is 12.9. The van der Waals surface area contributed by atoms with Crippen molar-refractivity contribution < 1.29 is 27.8 Å². The molecule has 1 saturated heterocycles. The summed E-state index contributed by atoms with van der Waals surface area (Å²) < 4.78 is 35.6. The fourth-order valence-electron chi connectivity index (χ4n) is 3.70. The summed E-state index contributed by atoms with van der Waals surface area (Å²) in [7, 11) is 1.86. The fourth-order valence-corrected chi connectivity index (χ4v) is 3.70. The van der Waals surface area contributed by atoms with E-state index in [0.29, 0.717) is 12.5 Å². The quantitative estimate of drug-likeness (QED) is 0.623. The molecule has 8 nitrogen and oxygen atoms in total. The predicted molar refractivity (Wildman–Crippen MR) is 108 cm³/mol. The second-order valence-electron chi connectivity index (χ2n) is 7.64. The van der Waals surface area contributed by atoms with Gasteiger partial charge < -0.3 is 25.4 Å². The van der Waals surface area contributed by atoms with Gasteiger partial charge in [0.15, 0.2) is 5.75 Å². The van der Waals surface area contributed by atoms with E-state index in [1.165, 1.54) is 23.5 Å². The average Bonchev–Trinajstić information content (AvgIpc) is 2.66. The van der Waals surface area contributed by atoms with Crippen LogP contribution in [0.1, 0.15) is 19.3 Å². The van der Waals surface area contributed by atoms with E-state index in [2.05, 4.69) is 10.1 Å². The number of likely N-dealkylation sites (N-methyl/N-ethyl adjacent to an activating group) is 1. The Hall–Kier alpha value is -2.30. The summed E-state index contributed by atoms with van der Waals surface area (Å²) in [5.41, 5.74) is 6.31. The summed E-state index contributed by atoms with van der Waals surface area (Å²) in [4.78, 5) is 28.1. The molecular weight excluding hydrogens is 398 g/mol. The number of amides is 2. The van der Waals surface area contributed by atoms with Crippen LogP contribution in [0.25, 0.3) is 0 Å². The van der Waals surface area contributed by atoms with E-state index in [1.807, 2.05) is 11.9 Å². The van der Waals surface area contributed by atoms with Crippen molar-refractivity contribution in [3.8, 4) is 5.75 Å². The average molecular weight is 426 g/mol. The van der Waals surface area contributed by atoms with Crippen LogP contribution in [0.3, 0.4) is 0 Å². The summed E-state index contributed by atoms with van der Waals surface area (Å²) in [5.74, 6) is -0.283. The highest BCUT2D eigenvalue weighted by Gasteiger charge is 2.28. The Kier molecular flexibility index (Phi) is 7.57. The third kappa shape index (κ3) is 5.44. The van der Waals surface area contributed by atoms with Gasteiger partial charge in [0, 0.05) is 31.4 Å². The van der Waals surface area contributed by atoms with E-state index < -0.39 is 12.7 Å². The monoisotopic (exact) mass is 426 g/mol. The van der Waals surface area contributed by atoms with Crippen LogP contribution >= 0.6 is 0 Å². The molecule has 2 fully saturated rings. The van der Waals surface area contributed by atoms with Gasteiger partial charge in [0.2, 0.25) is 5.91 Å². The predicted octanol–water partition coefficient (Wildman–Crippen LogP) is 1.65. The van der Waals surface area contributed by atoms with E-state index in [0.717, 1.165) is 19.4 Å². The number of rotatable bonds is 9. The number of nitrogens with two attached hydrogens (primary N) is 1. The minimum absolute atomic E-state index is 0.127. The fraction of sp³-hybridized carbons (Fsp3) is 0.600. The number of morpholine rings is 1. The normalized spacial score (nSPS) is 18.5. The minimum Gasteiger partial charge on any atom is -0.433 e. The van der Waals surface area contributed by atoms with Crippen molar-refractivity contribution in [1.82, 2.24) is 4.90 Å². The van der Waals surface area contributed by atoms with Crippen LogP contribution in [0, 0.1) is 5.92 Å². The van der Waals surface area contributed by atoms with Crippen molar-refractivity contribution in [2.24, 2.45) is 11.7 Å². The first-order valence-corrected chi connectivity index (χ1v) is 10.1. The SMILES string of the molecule is CN(CC1CCC1)[C@@H](CN)C(=O)Nc1ccc(N2CCOCC2=O)c(OC(F)F)c1. The molecule has 0 bridgehead atoms. The third-order valence-electron chi connectivity index (χ3n) is 5.55. The molecule has 1 heterocycles. The van der Waals surface area contributed by atoms with Crippen LogP contribution in [-0.2, 0) is 14.3 Å². The largest absolute Gasteiger partial charge is 0.433 e. The third-order valence-corrected chi connectivity index (χ3v) is 5.55. The van der Waals surface area contributed by atoms with Gasteiger partial charge in [0.1, 0.15) is 12.6 Å². The Morgan fingerprint density at radius 3 is 2.80 bits per heavy atom. The van der Waals surface area contributed by atoms with E-state index >= 15 is 0 Å². The summed E-state index contributed by atoms with van der Waals surface area (Å²) in [6.45, 7) is -1.76. The van der Waals surface area contributed by atoms with Crippen LogP contribution in [0.4, 0.5) is 20.2 Å². The molecule has 2 amide bonds. The van der Waals surface area contributed by atoms with Gasteiger partial charge in [0.05, 0.1) is 12.3 Å². The number of alkyl halides is 2. The maximum absolute atomic E-state index is 12.9. The number of benzene rings is 1. The van der Waals surface area contributed by atoms with Gasteiger partial charge in [0.25, 0.3) is 5.91 Å². The summed E-state index contributed by atoms with van der Waals surface area (Å²) >= 11 is 0. The highest BCUT2D eigenvalue weighted by molar-refractivity contribution is 5.98. The molecule has 0 unspecified atom stereocenters. The molecule has 1 aromatic carbocycles. The maximum Gasteiger partial charge on any atom is 0.387 e. The number of nitrogens with zero attached hydrogens (tertiary/aromatic N) is 2. The summed E-state index contributed by atoms with van der Waals surface area (Å²) in [6.07, 6.45) is 3.52. The van der Waals surface area contributed by atoms with Crippen molar-refractivity contribution in [2.45, 2.75) is 31.9 Å². The number of hydrogen-bond donors (Lipinski definition) is 2. The van der Waals surface area contributed by atoms with Crippen LogP contribution in [0.15, 0.2) is 18.2 Å². The summed E-state index contributed by atoms with van der Waals surface area (Å²) in [5, 5.41) is 2.72. The van der Waals surface area contributed by atoms with Crippen molar-refractivity contribution in [3.63, 3.8) is 0 Å². The molecule has 3 N–H and O–H groups in total. The van der Waals surface area contributed by atoms with Crippen molar-refractivity contribution >= 4 is 23.2 Å². The Balaban J connectivity index is 1.74. The molecule has 1 aliphatic heterocycles. The minimum atomic E-state index is -3.07. The number of carbonyl (C=O) groups is 2. The van der Waals surface area contributed by atoms with Gasteiger partial charge in [-0.25, -0.2) is 0 Å². The Bertz CT molecular complexity index is 760. The lowest BCUT2D eigenvalue weighted by atomic mass is 9.85. The molecule has 1 aliphatic carbocycles. The highest BCUT2D eigenvalue weighted by atomic mass is 19.3. The zero-order chi connectivity index (χ0) is 21.7. The number of anilines is 2. The van der Waals surface area contributed by atoms with Gasteiger partial charge >= 0.3 is 6.61 Å². The molecular formula is C20H28F2N4O4. The number of hydrogen-bond acceptors (Lipinski definition) is 6. The molecule has 1 atom stereocenters. The first-order valence-electron chi connectivity index (χ1n) is 10.1. The molecule has 10 heteroatoms. The number of carbonyl (C=O) groups excluding carboxylic acids is 2. The second-order valence-corrected chi connectivity index (χ2v) is 7.64. The molecule has 166 valence electrons. The van der Waals surface area contributed by atoms with Gasteiger partial charge in [-0.3, -0.25) is 14.5 Å². The van der Waals surface area contributed by atoms with Crippen molar-refractivity contribution in [1.29, 1.82) is 0 Å². The van der Waals surface area contributed by atoms with Crippen LogP contribution in [-0.4, -0.2) is 69.3 Å². The first kappa shape index (κ1) is 22.4. The van der Waals surface area contributed by atoms with E-state index in [-0.39, 0.29) is 48.6 Å². The van der Waals surface area contributed by atoms with Gasteiger partial charge in [-0.15, -0.1) is 0 Å². The molecule has 2 aliphatic rings. The number of nitrogens with one attached hydrogen (secondary N) is 1. The molecule has 0 radical (unpaired) electrons. The van der Waals surface area contributed by atoms with Gasteiger partial charge in [-0.2, -0.15) is 8.78 Å². The van der Waals surface area contributed by atoms with E-state index in [1.54, 1.807) is 6.07 Å². The molecule has 1 aromatic rings. The molecule has 30 heavy (non-hydrogen) atoms. The lowest BCUT2D eigenvalue weighted by Gasteiger charge is -2.33. The molecule has 1 saturated carbocycles. The Labute approximate surface area is 174 Å². The number of ether oxygens (including phenoxy) is 2. The van der Waals surface area contributed by atoms with Gasteiger partial charge in [-0.1, -0.05) is 6.42 Å². The lowest BCUT2D eigenvalue weighted by Crippen LogP contribution is -2.48. The van der Waals surface area contributed by atoms with E-state index in [4.69, 9.17) is 10.5 Å². The highest BCUT2D eigenvalue weighted by Crippen LogP contribution is 2.34. The zero-order valence-electron chi connectivity index (χ0n) is 17.0. The standard InChI is InChI=1S/C20H28F2N4O4/c1-25(11-13-3-2-4-13)16(10-23)19(28)24-14-5-6-15(17(9-14)30-20(21)22)26-7-8-29-12-18(26)27/h5-6,9,13,16,20H,2-4,7-8,10-12,23H2,1H3,(H,24,28)/t16-/m0/s1. The van der Waals surface area contributed by atoms with Crippen LogP contribution < -0.4 is 20.7 Å². The van der Waals surface area contributed by atoms with Gasteiger partial charge in [-0.05, 0) is 37.9 Å².